The molecular weight excluding hydrogens is 378 g/mol. The second-order valence-corrected chi connectivity index (χ2v) is 7.18. The molecule has 0 bridgehead atoms. The summed E-state index contributed by atoms with van der Waals surface area (Å²) in [6, 6.07) is 18.1. The lowest BCUT2D eigenvalue weighted by Gasteiger charge is -2.19. The first-order valence-electron chi connectivity index (χ1n) is 9.48. The molecule has 0 aliphatic heterocycles. The molecular formula is C24H25N3O3. The maximum absolute atomic E-state index is 13.0. The molecule has 3 N–H and O–H groups in total. The Kier molecular flexibility index (Phi) is 6.06. The SMILES string of the molecule is COc1cccc(C(=O)Nc2c(C)ccc(C(N)=O)c2-c2cccc(N(C)C)c2)c1. The minimum atomic E-state index is -0.558. The highest BCUT2D eigenvalue weighted by Crippen LogP contribution is 2.36. The first-order valence-corrected chi connectivity index (χ1v) is 9.48. The van der Waals surface area contributed by atoms with E-state index in [0.29, 0.717) is 28.1 Å². The monoisotopic (exact) mass is 403 g/mol. The highest BCUT2D eigenvalue weighted by Gasteiger charge is 2.20. The molecule has 0 heterocycles. The van der Waals surface area contributed by atoms with Crippen molar-refractivity contribution < 1.29 is 14.3 Å². The van der Waals surface area contributed by atoms with E-state index >= 15 is 0 Å². The molecule has 0 spiro atoms. The van der Waals surface area contributed by atoms with Crippen LogP contribution in [0.4, 0.5) is 11.4 Å². The van der Waals surface area contributed by atoms with Crippen molar-refractivity contribution in [2.75, 3.05) is 31.4 Å². The number of carbonyl (C=O) groups is 2. The molecule has 0 aromatic heterocycles. The minimum Gasteiger partial charge on any atom is -0.497 e. The van der Waals surface area contributed by atoms with Gasteiger partial charge in [-0.1, -0.05) is 24.3 Å². The van der Waals surface area contributed by atoms with Crippen LogP contribution in [0, 0.1) is 6.92 Å². The average Bonchev–Trinajstić information content (AvgIpc) is 2.74. The molecule has 0 unspecified atom stereocenters. The summed E-state index contributed by atoms with van der Waals surface area (Å²) < 4.78 is 5.21. The number of benzene rings is 3. The Morgan fingerprint density at radius 2 is 1.73 bits per heavy atom. The van der Waals surface area contributed by atoms with Crippen molar-refractivity contribution in [2.45, 2.75) is 6.92 Å². The second kappa shape index (κ2) is 8.69. The van der Waals surface area contributed by atoms with Crippen molar-refractivity contribution in [3.8, 4) is 16.9 Å². The highest BCUT2D eigenvalue weighted by atomic mass is 16.5. The zero-order valence-electron chi connectivity index (χ0n) is 17.5. The van der Waals surface area contributed by atoms with E-state index < -0.39 is 5.91 Å². The van der Waals surface area contributed by atoms with Crippen LogP contribution in [0.3, 0.4) is 0 Å². The molecule has 3 aromatic rings. The number of amides is 2. The molecule has 0 atom stereocenters. The minimum absolute atomic E-state index is 0.302. The van der Waals surface area contributed by atoms with Crippen molar-refractivity contribution in [3.05, 3.63) is 77.4 Å². The van der Waals surface area contributed by atoms with Crippen LogP contribution in [-0.4, -0.2) is 33.0 Å². The number of methoxy groups -OCH3 is 1. The number of nitrogens with one attached hydrogen (secondary N) is 1. The van der Waals surface area contributed by atoms with Gasteiger partial charge in [-0.3, -0.25) is 9.59 Å². The summed E-state index contributed by atoms with van der Waals surface area (Å²) >= 11 is 0. The van der Waals surface area contributed by atoms with Gasteiger partial charge >= 0.3 is 0 Å². The number of hydrogen-bond donors (Lipinski definition) is 2. The fraction of sp³-hybridized carbons (Fsp3) is 0.167. The van der Waals surface area contributed by atoms with Crippen LogP contribution >= 0.6 is 0 Å². The Labute approximate surface area is 176 Å². The van der Waals surface area contributed by atoms with Gasteiger partial charge in [0.25, 0.3) is 5.91 Å². The van der Waals surface area contributed by atoms with Gasteiger partial charge in [0.05, 0.1) is 12.8 Å². The zero-order chi connectivity index (χ0) is 21.8. The number of nitrogens with two attached hydrogens (primary N) is 1. The summed E-state index contributed by atoms with van der Waals surface area (Å²) in [5, 5.41) is 2.97. The highest BCUT2D eigenvalue weighted by molar-refractivity contribution is 6.10. The largest absolute Gasteiger partial charge is 0.497 e. The van der Waals surface area contributed by atoms with Crippen molar-refractivity contribution in [1.29, 1.82) is 0 Å². The molecule has 3 rings (SSSR count). The third-order valence-electron chi connectivity index (χ3n) is 4.90. The number of carbonyl (C=O) groups excluding carboxylic acids is 2. The first-order chi connectivity index (χ1) is 14.3. The Balaban J connectivity index is 2.14. The van der Waals surface area contributed by atoms with Crippen LogP contribution in [0.5, 0.6) is 5.75 Å². The van der Waals surface area contributed by atoms with Gasteiger partial charge in [0.1, 0.15) is 5.75 Å². The van der Waals surface area contributed by atoms with E-state index in [9.17, 15) is 9.59 Å². The van der Waals surface area contributed by atoms with Crippen LogP contribution in [0.15, 0.2) is 60.7 Å². The molecule has 0 aliphatic carbocycles. The molecule has 0 fully saturated rings. The molecule has 3 aromatic carbocycles. The van der Waals surface area contributed by atoms with E-state index in [1.165, 1.54) is 0 Å². The molecule has 0 aliphatic rings. The molecule has 154 valence electrons. The van der Waals surface area contributed by atoms with Crippen molar-refractivity contribution in [3.63, 3.8) is 0 Å². The Morgan fingerprint density at radius 1 is 1.00 bits per heavy atom. The van der Waals surface area contributed by atoms with Gasteiger partial charge in [-0.2, -0.15) is 0 Å². The van der Waals surface area contributed by atoms with E-state index in [1.54, 1.807) is 43.5 Å². The maximum Gasteiger partial charge on any atom is 0.255 e. The third-order valence-corrected chi connectivity index (χ3v) is 4.90. The van der Waals surface area contributed by atoms with Gasteiger partial charge in [-0.25, -0.2) is 0 Å². The van der Waals surface area contributed by atoms with Crippen LogP contribution < -0.4 is 20.7 Å². The predicted molar refractivity (Wildman–Crippen MR) is 120 cm³/mol. The summed E-state index contributed by atoms with van der Waals surface area (Å²) in [5.74, 6) is -0.273. The van der Waals surface area contributed by atoms with E-state index in [1.807, 2.05) is 50.2 Å². The Bertz CT molecular complexity index is 1110. The topological polar surface area (TPSA) is 84.7 Å². The smallest absolute Gasteiger partial charge is 0.255 e. The van der Waals surface area contributed by atoms with E-state index in [4.69, 9.17) is 10.5 Å². The lowest BCUT2D eigenvalue weighted by atomic mass is 9.93. The van der Waals surface area contributed by atoms with Crippen LogP contribution in [0.25, 0.3) is 11.1 Å². The standard InChI is InChI=1S/C24H25N3O3/c1-15-11-12-20(23(25)28)21(16-7-5-9-18(13-16)27(2)3)22(15)26-24(29)17-8-6-10-19(14-17)30-4/h5-14H,1-4H3,(H2,25,28)(H,26,29). The maximum atomic E-state index is 13.0. The molecule has 6 nitrogen and oxygen atoms in total. The lowest BCUT2D eigenvalue weighted by Crippen LogP contribution is -2.18. The number of nitrogens with zero attached hydrogens (tertiary/aromatic N) is 1. The normalized spacial score (nSPS) is 10.4. The summed E-state index contributed by atoms with van der Waals surface area (Å²) in [7, 11) is 5.43. The summed E-state index contributed by atoms with van der Waals surface area (Å²) in [6.45, 7) is 1.88. The van der Waals surface area contributed by atoms with Crippen LogP contribution in [-0.2, 0) is 0 Å². The van der Waals surface area contributed by atoms with Crippen molar-refractivity contribution in [2.24, 2.45) is 5.73 Å². The predicted octanol–water partition coefficient (Wildman–Crippen LogP) is 4.09. The Morgan fingerprint density at radius 3 is 2.40 bits per heavy atom. The lowest BCUT2D eigenvalue weighted by molar-refractivity contribution is 0.0996. The number of anilines is 2. The zero-order valence-corrected chi connectivity index (χ0v) is 17.5. The van der Waals surface area contributed by atoms with Gasteiger partial charge in [0, 0.05) is 36.5 Å². The number of ether oxygens (including phenoxy) is 1. The number of primary amides is 1. The van der Waals surface area contributed by atoms with Crippen molar-refractivity contribution in [1.82, 2.24) is 0 Å². The summed E-state index contributed by atoms with van der Waals surface area (Å²) in [6.07, 6.45) is 0. The first kappa shape index (κ1) is 20.9. The van der Waals surface area contributed by atoms with Crippen LogP contribution in [0.2, 0.25) is 0 Å². The van der Waals surface area contributed by atoms with Crippen LogP contribution in [0.1, 0.15) is 26.3 Å². The molecule has 6 heteroatoms. The van der Waals surface area contributed by atoms with Gasteiger partial charge in [-0.05, 0) is 54.4 Å². The van der Waals surface area contributed by atoms with Crippen molar-refractivity contribution >= 4 is 23.2 Å². The average molecular weight is 403 g/mol. The van der Waals surface area contributed by atoms with Gasteiger partial charge in [-0.15, -0.1) is 0 Å². The summed E-state index contributed by atoms with van der Waals surface area (Å²) in [4.78, 5) is 27.2. The van der Waals surface area contributed by atoms with Gasteiger partial charge in [0.2, 0.25) is 5.91 Å². The molecule has 0 saturated heterocycles. The van der Waals surface area contributed by atoms with Gasteiger partial charge in [0.15, 0.2) is 0 Å². The third kappa shape index (κ3) is 4.27. The number of hydrogen-bond acceptors (Lipinski definition) is 4. The number of aryl methyl sites for hydroxylation is 1. The molecule has 2 amide bonds. The van der Waals surface area contributed by atoms with Gasteiger partial charge < -0.3 is 20.7 Å². The summed E-state index contributed by atoms with van der Waals surface area (Å²) in [5.41, 5.74) is 10.2. The van der Waals surface area contributed by atoms with E-state index in [0.717, 1.165) is 16.8 Å². The number of rotatable bonds is 6. The molecule has 0 saturated carbocycles. The second-order valence-electron chi connectivity index (χ2n) is 7.18. The molecule has 30 heavy (non-hydrogen) atoms. The van der Waals surface area contributed by atoms with E-state index in [-0.39, 0.29) is 5.91 Å². The van der Waals surface area contributed by atoms with E-state index in [2.05, 4.69) is 5.32 Å². The Hall–Kier alpha value is -3.80. The molecule has 0 radical (unpaired) electrons. The fourth-order valence-corrected chi connectivity index (χ4v) is 3.26. The fourth-order valence-electron chi connectivity index (χ4n) is 3.26. The quantitative estimate of drug-likeness (QED) is 0.649.